The molecule has 0 aliphatic carbocycles. The van der Waals surface area contributed by atoms with Crippen molar-refractivity contribution in [3.05, 3.63) is 35.6 Å². The number of morpholine rings is 1. The summed E-state index contributed by atoms with van der Waals surface area (Å²) in [5.74, 6) is -0.309. The number of rotatable bonds is 9. The van der Waals surface area contributed by atoms with Crippen LogP contribution in [0, 0.1) is 5.82 Å². The van der Waals surface area contributed by atoms with Gasteiger partial charge in [-0.15, -0.1) is 0 Å². The molecule has 4 rings (SSSR count). The molecule has 3 unspecified atom stereocenters. The number of carbonyl (C=O) groups excluding carboxylic acids is 2. The molecule has 35 heavy (non-hydrogen) atoms. The maximum atomic E-state index is 13.0. The van der Waals surface area contributed by atoms with Gasteiger partial charge in [-0.1, -0.05) is 12.1 Å². The Hall–Kier alpha value is -2.34. The van der Waals surface area contributed by atoms with E-state index in [-0.39, 0.29) is 35.8 Å². The summed E-state index contributed by atoms with van der Waals surface area (Å²) >= 11 is 5.49. The van der Waals surface area contributed by atoms with Crippen LogP contribution in [0.3, 0.4) is 0 Å². The highest BCUT2D eigenvalue weighted by molar-refractivity contribution is 7.80. The minimum absolute atomic E-state index is 0.0394. The van der Waals surface area contributed by atoms with E-state index in [0.717, 1.165) is 45.0 Å². The molecular weight excluding hydrogens is 471 g/mol. The van der Waals surface area contributed by atoms with Crippen LogP contribution in [0.5, 0.6) is 0 Å². The normalized spacial score (nSPS) is 24.9. The van der Waals surface area contributed by atoms with E-state index in [4.69, 9.17) is 17.0 Å². The Kier molecular flexibility index (Phi) is 9.25. The van der Waals surface area contributed by atoms with Crippen LogP contribution < -0.4 is 21.3 Å². The molecule has 192 valence electrons. The van der Waals surface area contributed by atoms with Crippen LogP contribution in [0.25, 0.3) is 0 Å². The largest absolute Gasteiger partial charge is 0.379 e. The lowest BCUT2D eigenvalue weighted by Gasteiger charge is -2.37. The van der Waals surface area contributed by atoms with E-state index in [9.17, 15) is 14.0 Å². The van der Waals surface area contributed by atoms with Crippen molar-refractivity contribution in [2.45, 2.75) is 43.9 Å². The molecule has 3 heterocycles. The average Bonchev–Trinajstić information content (AvgIpc) is 3.28. The quantitative estimate of drug-likeness (QED) is 0.347. The highest BCUT2D eigenvalue weighted by Gasteiger charge is 2.43. The number of hydrogen-bond donors (Lipinski definition) is 4. The molecule has 0 spiro atoms. The van der Waals surface area contributed by atoms with Gasteiger partial charge in [0.1, 0.15) is 5.82 Å². The third-order valence-corrected chi connectivity index (χ3v) is 7.15. The zero-order valence-corrected chi connectivity index (χ0v) is 20.7. The Balaban J connectivity index is 1.18. The number of hydrogen-bond acceptors (Lipinski definition) is 6. The molecule has 11 heteroatoms. The minimum Gasteiger partial charge on any atom is -0.379 e. The van der Waals surface area contributed by atoms with E-state index in [1.54, 1.807) is 12.1 Å². The number of nitrogens with one attached hydrogen (secondary N) is 4. The Bertz CT molecular complexity index is 883. The van der Waals surface area contributed by atoms with Crippen LogP contribution in [0.2, 0.25) is 0 Å². The second kappa shape index (κ2) is 12.6. The predicted octanol–water partition coefficient (Wildman–Crippen LogP) is -0.0403. The fourth-order valence-electron chi connectivity index (χ4n) is 4.93. The van der Waals surface area contributed by atoms with Crippen molar-refractivity contribution in [3.63, 3.8) is 0 Å². The summed E-state index contributed by atoms with van der Waals surface area (Å²) in [5.41, 5.74) is 0.854. The van der Waals surface area contributed by atoms with E-state index in [1.165, 1.54) is 12.1 Å². The van der Waals surface area contributed by atoms with Crippen LogP contribution in [0.15, 0.2) is 24.3 Å². The Morgan fingerprint density at radius 2 is 1.97 bits per heavy atom. The number of nitrogens with zero attached hydrogens (tertiary/aromatic N) is 2. The maximum Gasteiger partial charge on any atom is 0.237 e. The van der Waals surface area contributed by atoms with Crippen molar-refractivity contribution in [2.24, 2.45) is 0 Å². The van der Waals surface area contributed by atoms with E-state index in [1.807, 2.05) is 0 Å². The first kappa shape index (κ1) is 25.7. The molecule has 0 saturated carbocycles. The van der Waals surface area contributed by atoms with Gasteiger partial charge < -0.3 is 26.0 Å². The second-order valence-electron chi connectivity index (χ2n) is 9.34. The highest BCUT2D eigenvalue weighted by atomic mass is 32.1. The lowest BCUT2D eigenvalue weighted by molar-refractivity contribution is -0.129. The number of fused-ring (bicyclic) bond motifs is 1. The van der Waals surface area contributed by atoms with E-state index >= 15 is 0 Å². The first-order valence-corrected chi connectivity index (χ1v) is 12.8. The van der Waals surface area contributed by atoms with Crippen molar-refractivity contribution < 1.29 is 18.7 Å². The van der Waals surface area contributed by atoms with Crippen molar-refractivity contribution >= 4 is 29.1 Å². The summed E-state index contributed by atoms with van der Waals surface area (Å²) in [7, 11) is 0. The highest BCUT2D eigenvalue weighted by Crippen LogP contribution is 2.25. The summed E-state index contributed by atoms with van der Waals surface area (Å²) in [5, 5.41) is 13.1. The fourth-order valence-corrected chi connectivity index (χ4v) is 5.19. The second-order valence-corrected chi connectivity index (χ2v) is 9.75. The lowest BCUT2D eigenvalue weighted by atomic mass is 10.0. The zero-order valence-electron chi connectivity index (χ0n) is 19.9. The lowest BCUT2D eigenvalue weighted by Crippen LogP contribution is -2.58. The van der Waals surface area contributed by atoms with Crippen LogP contribution >= 0.6 is 12.2 Å². The van der Waals surface area contributed by atoms with E-state index < -0.39 is 0 Å². The van der Waals surface area contributed by atoms with E-state index in [0.29, 0.717) is 44.0 Å². The first-order valence-electron chi connectivity index (χ1n) is 12.4. The van der Waals surface area contributed by atoms with Crippen molar-refractivity contribution in [2.75, 3.05) is 52.5 Å². The molecule has 9 nitrogen and oxygen atoms in total. The summed E-state index contributed by atoms with van der Waals surface area (Å²) < 4.78 is 18.4. The minimum atomic E-state index is -0.295. The molecule has 3 aliphatic heterocycles. The number of ether oxygens (including phenoxy) is 1. The number of amides is 2. The standard InChI is InChI=1S/C24H35FN6O3S/c25-18-3-1-17(2-4-18)14-27-22(32)6-5-20-15-28-23(33)21-13-19(16-31(20)21)29-24(35)26-7-8-30-9-11-34-12-10-30/h1-4,19-21H,5-16H2,(H,27,32)(H,28,33)(H2,26,29,35). The van der Waals surface area contributed by atoms with Gasteiger partial charge in [0, 0.05) is 64.3 Å². The molecular formula is C24H35FN6O3S. The van der Waals surface area contributed by atoms with Gasteiger partial charge >= 0.3 is 0 Å². The van der Waals surface area contributed by atoms with Gasteiger partial charge in [-0.3, -0.25) is 19.4 Å². The Labute approximate surface area is 211 Å². The summed E-state index contributed by atoms with van der Waals surface area (Å²) in [4.78, 5) is 29.4. The maximum absolute atomic E-state index is 13.0. The van der Waals surface area contributed by atoms with Crippen LogP contribution in [0.4, 0.5) is 4.39 Å². The van der Waals surface area contributed by atoms with Gasteiger partial charge in [0.25, 0.3) is 0 Å². The predicted molar refractivity (Wildman–Crippen MR) is 134 cm³/mol. The zero-order chi connectivity index (χ0) is 24.6. The van der Waals surface area contributed by atoms with E-state index in [2.05, 4.69) is 31.1 Å². The SMILES string of the molecule is O=C(CCC1CNC(=O)C2CC(NC(=S)NCCN3CCOCC3)CN12)NCc1ccc(F)cc1. The van der Waals surface area contributed by atoms with Crippen molar-refractivity contribution in [1.82, 2.24) is 31.1 Å². The first-order chi connectivity index (χ1) is 17.0. The molecule has 1 aromatic carbocycles. The molecule has 1 aromatic rings. The van der Waals surface area contributed by atoms with Gasteiger partial charge in [0.2, 0.25) is 11.8 Å². The Morgan fingerprint density at radius 3 is 2.74 bits per heavy atom. The van der Waals surface area contributed by atoms with Gasteiger partial charge in [-0.05, 0) is 42.8 Å². The molecule has 0 bridgehead atoms. The topological polar surface area (TPSA) is 98.0 Å². The van der Waals surface area contributed by atoms with Crippen molar-refractivity contribution in [3.8, 4) is 0 Å². The fraction of sp³-hybridized carbons (Fsp3) is 0.625. The number of carbonyl (C=O) groups is 2. The van der Waals surface area contributed by atoms with Gasteiger partial charge in [0.15, 0.2) is 5.11 Å². The monoisotopic (exact) mass is 506 g/mol. The third kappa shape index (κ3) is 7.57. The van der Waals surface area contributed by atoms with Crippen LogP contribution in [-0.2, 0) is 20.9 Å². The molecule has 3 fully saturated rings. The molecule has 4 N–H and O–H groups in total. The van der Waals surface area contributed by atoms with Crippen molar-refractivity contribution in [1.29, 1.82) is 0 Å². The number of benzene rings is 1. The molecule has 3 aliphatic rings. The van der Waals surface area contributed by atoms with Gasteiger partial charge in [-0.25, -0.2) is 4.39 Å². The molecule has 2 amide bonds. The summed E-state index contributed by atoms with van der Waals surface area (Å²) in [6.07, 6.45) is 1.70. The summed E-state index contributed by atoms with van der Waals surface area (Å²) in [6, 6.07) is 6.08. The molecule has 3 saturated heterocycles. The van der Waals surface area contributed by atoms with Crippen LogP contribution in [0.1, 0.15) is 24.8 Å². The Morgan fingerprint density at radius 1 is 1.20 bits per heavy atom. The number of thiocarbonyl (C=S) groups is 1. The molecule has 0 radical (unpaired) electrons. The van der Waals surface area contributed by atoms with Crippen LogP contribution in [-0.4, -0.2) is 97.3 Å². The molecule has 3 atom stereocenters. The van der Waals surface area contributed by atoms with Gasteiger partial charge in [-0.2, -0.15) is 0 Å². The number of halogens is 1. The number of piperazine rings is 1. The smallest absolute Gasteiger partial charge is 0.237 e. The summed E-state index contributed by atoms with van der Waals surface area (Å²) in [6.45, 7) is 6.75. The average molecular weight is 507 g/mol. The van der Waals surface area contributed by atoms with Gasteiger partial charge in [0.05, 0.1) is 19.3 Å². The third-order valence-electron chi connectivity index (χ3n) is 6.88. The molecule has 0 aromatic heterocycles.